The Morgan fingerprint density at radius 1 is 1.45 bits per heavy atom. The van der Waals surface area contributed by atoms with Gasteiger partial charge in [0, 0.05) is 24.9 Å². The van der Waals surface area contributed by atoms with Crippen LogP contribution >= 0.6 is 0 Å². The monoisotopic (exact) mass is 276 g/mol. The summed E-state index contributed by atoms with van der Waals surface area (Å²) in [6, 6.07) is 7.31. The highest BCUT2D eigenvalue weighted by molar-refractivity contribution is 5.91. The van der Waals surface area contributed by atoms with Crippen molar-refractivity contribution in [3.63, 3.8) is 0 Å². The van der Waals surface area contributed by atoms with Crippen LogP contribution in [0.4, 0.5) is 5.69 Å². The lowest BCUT2D eigenvalue weighted by Crippen LogP contribution is -2.49. The number of benzene rings is 1. The molecule has 2 unspecified atom stereocenters. The van der Waals surface area contributed by atoms with Gasteiger partial charge in [-0.1, -0.05) is 12.1 Å². The second-order valence-electron chi connectivity index (χ2n) is 4.99. The molecule has 3 N–H and O–H groups in total. The van der Waals surface area contributed by atoms with Gasteiger partial charge in [0.1, 0.15) is 0 Å². The van der Waals surface area contributed by atoms with Crippen molar-refractivity contribution >= 4 is 17.7 Å². The Kier molecular flexibility index (Phi) is 4.76. The zero-order valence-electron chi connectivity index (χ0n) is 11.5. The van der Waals surface area contributed by atoms with Crippen molar-refractivity contribution < 1.29 is 14.6 Å². The molecule has 20 heavy (non-hydrogen) atoms. The summed E-state index contributed by atoms with van der Waals surface area (Å²) in [5.74, 6) is -0.0737. The molecule has 1 aliphatic rings. The number of rotatable bonds is 3. The fourth-order valence-corrected chi connectivity index (χ4v) is 2.21. The van der Waals surface area contributed by atoms with Gasteiger partial charge in [0.25, 0.3) is 0 Å². The number of morpholine rings is 1. The first-order valence-electron chi connectivity index (χ1n) is 6.67. The van der Waals surface area contributed by atoms with E-state index in [1.165, 1.54) is 6.08 Å². The van der Waals surface area contributed by atoms with Crippen LogP contribution in [0.1, 0.15) is 12.5 Å². The number of amides is 1. The average molecular weight is 276 g/mol. The largest absolute Gasteiger partial charge is 0.399 e. The SMILES string of the molecule is CC1CN(C(=O)/C=C/c2ccc(N)cc2)CC(CO)O1. The summed E-state index contributed by atoms with van der Waals surface area (Å²) in [4.78, 5) is 13.8. The average Bonchev–Trinajstić information content (AvgIpc) is 2.45. The summed E-state index contributed by atoms with van der Waals surface area (Å²) in [5.41, 5.74) is 7.23. The lowest BCUT2D eigenvalue weighted by Gasteiger charge is -2.35. The Labute approximate surface area is 118 Å². The number of ether oxygens (including phenoxy) is 1. The molecule has 1 amide bonds. The standard InChI is InChI=1S/C15H20N2O3/c1-11-8-17(9-14(10-18)20-11)15(19)7-4-12-2-5-13(16)6-3-12/h2-7,11,14,18H,8-10,16H2,1H3/b7-4+. The van der Waals surface area contributed by atoms with Crippen LogP contribution in [0, 0.1) is 0 Å². The van der Waals surface area contributed by atoms with E-state index in [2.05, 4.69) is 0 Å². The summed E-state index contributed by atoms with van der Waals surface area (Å²) in [7, 11) is 0. The molecule has 0 spiro atoms. The fraction of sp³-hybridized carbons (Fsp3) is 0.400. The van der Waals surface area contributed by atoms with Gasteiger partial charge in [0.2, 0.25) is 5.91 Å². The lowest BCUT2D eigenvalue weighted by atomic mass is 10.2. The summed E-state index contributed by atoms with van der Waals surface area (Å²) in [6.07, 6.45) is 2.94. The van der Waals surface area contributed by atoms with Crippen molar-refractivity contribution in [1.82, 2.24) is 4.90 Å². The molecule has 5 heteroatoms. The highest BCUT2D eigenvalue weighted by atomic mass is 16.5. The number of aliphatic hydroxyl groups excluding tert-OH is 1. The number of carbonyl (C=O) groups excluding carboxylic acids is 1. The Bertz CT molecular complexity index is 484. The fourth-order valence-electron chi connectivity index (χ4n) is 2.21. The first-order valence-corrected chi connectivity index (χ1v) is 6.67. The van der Waals surface area contributed by atoms with E-state index >= 15 is 0 Å². The maximum absolute atomic E-state index is 12.1. The Morgan fingerprint density at radius 3 is 2.80 bits per heavy atom. The van der Waals surface area contributed by atoms with Crippen molar-refractivity contribution in [1.29, 1.82) is 0 Å². The minimum atomic E-state index is -0.298. The molecule has 0 saturated carbocycles. The molecule has 1 saturated heterocycles. The Morgan fingerprint density at radius 2 is 2.15 bits per heavy atom. The van der Waals surface area contributed by atoms with E-state index < -0.39 is 0 Å². The molecule has 0 aliphatic carbocycles. The van der Waals surface area contributed by atoms with Crippen molar-refractivity contribution in [2.45, 2.75) is 19.1 Å². The number of aliphatic hydroxyl groups is 1. The topological polar surface area (TPSA) is 75.8 Å². The lowest BCUT2D eigenvalue weighted by molar-refractivity contribution is -0.142. The zero-order valence-corrected chi connectivity index (χ0v) is 11.5. The van der Waals surface area contributed by atoms with E-state index in [4.69, 9.17) is 15.6 Å². The maximum atomic E-state index is 12.1. The highest BCUT2D eigenvalue weighted by Gasteiger charge is 2.26. The molecule has 108 valence electrons. The zero-order chi connectivity index (χ0) is 14.5. The van der Waals surface area contributed by atoms with Gasteiger partial charge in [-0.2, -0.15) is 0 Å². The molecule has 1 heterocycles. The summed E-state index contributed by atoms with van der Waals surface area (Å²) < 4.78 is 5.51. The highest BCUT2D eigenvalue weighted by Crippen LogP contribution is 2.12. The predicted octanol–water partition coefficient (Wildman–Crippen LogP) is 0.890. The molecular formula is C15H20N2O3. The van der Waals surface area contributed by atoms with E-state index in [1.807, 2.05) is 19.1 Å². The summed E-state index contributed by atoms with van der Waals surface area (Å²) in [5, 5.41) is 9.15. The third kappa shape index (κ3) is 3.82. The molecule has 2 rings (SSSR count). The normalized spacial score (nSPS) is 23.2. The van der Waals surface area contributed by atoms with Crippen LogP contribution in [0.25, 0.3) is 6.08 Å². The maximum Gasteiger partial charge on any atom is 0.246 e. The molecule has 0 aromatic heterocycles. The van der Waals surface area contributed by atoms with E-state index in [-0.39, 0.29) is 24.7 Å². The molecule has 2 atom stereocenters. The summed E-state index contributed by atoms with van der Waals surface area (Å²) in [6.45, 7) is 2.79. The molecular weight excluding hydrogens is 256 g/mol. The number of nitrogens with two attached hydrogens (primary N) is 1. The van der Waals surface area contributed by atoms with E-state index in [1.54, 1.807) is 23.1 Å². The first-order chi connectivity index (χ1) is 9.58. The Balaban J connectivity index is 1.98. The van der Waals surface area contributed by atoms with Crippen LogP contribution in [-0.2, 0) is 9.53 Å². The Hall–Kier alpha value is -1.85. The number of anilines is 1. The van der Waals surface area contributed by atoms with Crippen LogP contribution in [0.2, 0.25) is 0 Å². The third-order valence-electron chi connectivity index (χ3n) is 3.20. The molecule has 1 aromatic rings. The second kappa shape index (κ2) is 6.54. The van der Waals surface area contributed by atoms with Gasteiger partial charge in [0.05, 0.1) is 18.8 Å². The van der Waals surface area contributed by atoms with Gasteiger partial charge in [0.15, 0.2) is 0 Å². The molecule has 0 bridgehead atoms. The molecule has 0 radical (unpaired) electrons. The van der Waals surface area contributed by atoms with Gasteiger partial charge < -0.3 is 20.5 Å². The summed E-state index contributed by atoms with van der Waals surface area (Å²) >= 11 is 0. The van der Waals surface area contributed by atoms with E-state index in [0.717, 1.165) is 5.56 Å². The van der Waals surface area contributed by atoms with Gasteiger partial charge in [-0.25, -0.2) is 0 Å². The van der Waals surface area contributed by atoms with Gasteiger partial charge in [-0.05, 0) is 30.7 Å². The minimum absolute atomic E-state index is 0.0604. The van der Waals surface area contributed by atoms with Gasteiger partial charge in [-0.15, -0.1) is 0 Å². The van der Waals surface area contributed by atoms with Crippen molar-refractivity contribution in [2.24, 2.45) is 0 Å². The van der Waals surface area contributed by atoms with Crippen molar-refractivity contribution in [3.8, 4) is 0 Å². The second-order valence-corrected chi connectivity index (χ2v) is 4.99. The van der Waals surface area contributed by atoms with E-state index in [9.17, 15) is 4.79 Å². The van der Waals surface area contributed by atoms with Crippen LogP contribution in [0.15, 0.2) is 30.3 Å². The molecule has 1 fully saturated rings. The van der Waals surface area contributed by atoms with Gasteiger partial charge >= 0.3 is 0 Å². The minimum Gasteiger partial charge on any atom is -0.399 e. The number of nitrogen functional groups attached to an aromatic ring is 1. The van der Waals surface area contributed by atoms with E-state index in [0.29, 0.717) is 18.8 Å². The van der Waals surface area contributed by atoms with Crippen molar-refractivity contribution in [2.75, 3.05) is 25.4 Å². The quantitative estimate of drug-likeness (QED) is 0.635. The number of nitrogens with zero attached hydrogens (tertiary/aromatic N) is 1. The smallest absolute Gasteiger partial charge is 0.246 e. The number of hydrogen-bond acceptors (Lipinski definition) is 4. The third-order valence-corrected chi connectivity index (χ3v) is 3.20. The van der Waals surface area contributed by atoms with Crippen LogP contribution in [0.5, 0.6) is 0 Å². The predicted molar refractivity (Wildman–Crippen MR) is 77.9 cm³/mol. The van der Waals surface area contributed by atoms with Crippen LogP contribution in [0.3, 0.4) is 0 Å². The van der Waals surface area contributed by atoms with Gasteiger partial charge in [-0.3, -0.25) is 4.79 Å². The number of carbonyl (C=O) groups is 1. The molecule has 1 aliphatic heterocycles. The van der Waals surface area contributed by atoms with Crippen LogP contribution < -0.4 is 5.73 Å². The van der Waals surface area contributed by atoms with Crippen LogP contribution in [-0.4, -0.2) is 47.8 Å². The molecule has 5 nitrogen and oxygen atoms in total. The first kappa shape index (κ1) is 14.6. The van der Waals surface area contributed by atoms with Crippen molar-refractivity contribution in [3.05, 3.63) is 35.9 Å². The molecule has 1 aromatic carbocycles. The number of hydrogen-bond donors (Lipinski definition) is 2.